The van der Waals surface area contributed by atoms with Crippen LogP contribution in [0.2, 0.25) is 10.0 Å². The number of rotatable bonds is 6. The maximum Gasteiger partial charge on any atom is 0.293 e. The molecule has 8 heteroatoms. The molecule has 2 aromatic rings. The van der Waals surface area contributed by atoms with E-state index in [4.69, 9.17) is 32.7 Å². The lowest BCUT2D eigenvalue weighted by molar-refractivity contribution is -0.123. The molecule has 0 atom stereocenters. The van der Waals surface area contributed by atoms with Crippen molar-refractivity contribution in [2.45, 2.75) is 13.5 Å². The summed E-state index contributed by atoms with van der Waals surface area (Å²) in [5.74, 6) is 0.723. The number of imide groups is 1. The van der Waals surface area contributed by atoms with Gasteiger partial charge in [-0.05, 0) is 48.5 Å². The Morgan fingerprint density at radius 1 is 1.14 bits per heavy atom. The van der Waals surface area contributed by atoms with Crippen LogP contribution in [0.1, 0.15) is 18.1 Å². The molecule has 1 fully saturated rings. The fraction of sp³-hybridized carbons (Fsp3) is 0.200. The number of amides is 2. The van der Waals surface area contributed by atoms with E-state index in [1.807, 2.05) is 6.92 Å². The van der Waals surface area contributed by atoms with Crippen LogP contribution >= 0.6 is 35.0 Å². The Morgan fingerprint density at radius 3 is 2.61 bits per heavy atom. The van der Waals surface area contributed by atoms with Crippen LogP contribution in [0.3, 0.4) is 0 Å². The molecule has 2 amide bonds. The lowest BCUT2D eigenvalue weighted by Gasteiger charge is -2.13. The number of hydrogen-bond donors (Lipinski definition) is 0. The molecule has 5 nitrogen and oxygen atoms in total. The van der Waals surface area contributed by atoms with E-state index in [-0.39, 0.29) is 17.7 Å². The number of halogens is 2. The van der Waals surface area contributed by atoms with Crippen molar-refractivity contribution in [2.24, 2.45) is 0 Å². The van der Waals surface area contributed by atoms with Gasteiger partial charge in [-0.1, -0.05) is 41.4 Å². The standard InChI is InChI=1S/C20H17Cl2NO4S/c1-3-27-18-13(5-4-6-16(18)26-2)10-17-19(24)23(20(25)28-17)11-12-7-8-14(21)15(22)9-12/h4-10H,3,11H2,1-2H3/b17-10-. The normalized spacial score (nSPS) is 15.4. The lowest BCUT2D eigenvalue weighted by atomic mass is 10.1. The second kappa shape index (κ2) is 8.90. The molecule has 0 bridgehead atoms. The minimum Gasteiger partial charge on any atom is -0.493 e. The van der Waals surface area contributed by atoms with Gasteiger partial charge in [-0.3, -0.25) is 14.5 Å². The molecule has 0 saturated carbocycles. The summed E-state index contributed by atoms with van der Waals surface area (Å²) in [4.78, 5) is 26.7. The maximum absolute atomic E-state index is 12.8. The summed E-state index contributed by atoms with van der Waals surface area (Å²) < 4.78 is 11.0. The van der Waals surface area contributed by atoms with Crippen molar-refractivity contribution >= 4 is 52.2 Å². The van der Waals surface area contributed by atoms with Crippen molar-refractivity contribution in [3.8, 4) is 11.5 Å². The smallest absolute Gasteiger partial charge is 0.293 e. The minimum absolute atomic E-state index is 0.120. The maximum atomic E-state index is 12.8. The Labute approximate surface area is 177 Å². The number of para-hydroxylation sites is 1. The molecule has 0 aromatic heterocycles. The van der Waals surface area contributed by atoms with Gasteiger partial charge in [0.2, 0.25) is 0 Å². The lowest BCUT2D eigenvalue weighted by Crippen LogP contribution is -2.27. The molecule has 0 aliphatic carbocycles. The fourth-order valence-corrected chi connectivity index (χ4v) is 3.85. The number of nitrogens with zero attached hydrogens (tertiary/aromatic N) is 1. The molecule has 3 rings (SSSR count). The number of ether oxygens (including phenoxy) is 2. The van der Waals surface area contributed by atoms with Crippen LogP contribution in [-0.4, -0.2) is 29.8 Å². The van der Waals surface area contributed by atoms with Gasteiger partial charge in [-0.2, -0.15) is 0 Å². The first-order valence-electron chi connectivity index (χ1n) is 8.43. The van der Waals surface area contributed by atoms with Gasteiger partial charge < -0.3 is 9.47 Å². The summed E-state index contributed by atoms with van der Waals surface area (Å²) in [7, 11) is 1.55. The summed E-state index contributed by atoms with van der Waals surface area (Å²) in [5.41, 5.74) is 1.38. The average Bonchev–Trinajstić information content (AvgIpc) is 2.93. The number of carbonyl (C=O) groups is 2. The third-order valence-corrected chi connectivity index (χ3v) is 5.65. The van der Waals surface area contributed by atoms with Crippen molar-refractivity contribution in [1.29, 1.82) is 0 Å². The SMILES string of the molecule is CCOc1c(/C=C2\SC(=O)N(Cc3ccc(Cl)c(Cl)c3)C2=O)cccc1OC. The zero-order valence-corrected chi connectivity index (χ0v) is 17.5. The highest BCUT2D eigenvalue weighted by Gasteiger charge is 2.35. The summed E-state index contributed by atoms with van der Waals surface area (Å²) in [5, 5.41) is 0.448. The number of methoxy groups -OCH3 is 1. The highest BCUT2D eigenvalue weighted by atomic mass is 35.5. The Balaban J connectivity index is 1.88. The van der Waals surface area contributed by atoms with Crippen molar-refractivity contribution < 1.29 is 19.1 Å². The largest absolute Gasteiger partial charge is 0.493 e. The van der Waals surface area contributed by atoms with E-state index < -0.39 is 0 Å². The Hall–Kier alpha value is -2.15. The van der Waals surface area contributed by atoms with E-state index in [9.17, 15) is 9.59 Å². The molecule has 2 aromatic carbocycles. The van der Waals surface area contributed by atoms with E-state index in [1.54, 1.807) is 49.6 Å². The van der Waals surface area contributed by atoms with Gasteiger partial charge in [0.15, 0.2) is 11.5 Å². The van der Waals surface area contributed by atoms with Gasteiger partial charge in [0.1, 0.15) is 0 Å². The van der Waals surface area contributed by atoms with Gasteiger partial charge >= 0.3 is 0 Å². The third kappa shape index (κ3) is 4.29. The molecule has 1 aliphatic rings. The zero-order chi connectivity index (χ0) is 20.3. The van der Waals surface area contributed by atoms with Crippen molar-refractivity contribution in [3.05, 3.63) is 62.5 Å². The Morgan fingerprint density at radius 2 is 1.93 bits per heavy atom. The second-order valence-corrected chi connectivity index (χ2v) is 7.64. The highest BCUT2D eigenvalue weighted by molar-refractivity contribution is 8.18. The Bertz CT molecular complexity index is 961. The highest BCUT2D eigenvalue weighted by Crippen LogP contribution is 2.38. The summed E-state index contributed by atoms with van der Waals surface area (Å²) in [6, 6.07) is 10.4. The monoisotopic (exact) mass is 437 g/mol. The molecule has 0 spiro atoms. The van der Waals surface area contributed by atoms with E-state index in [2.05, 4.69) is 0 Å². The molecule has 0 radical (unpaired) electrons. The van der Waals surface area contributed by atoms with E-state index in [1.165, 1.54) is 4.90 Å². The summed E-state index contributed by atoms with van der Waals surface area (Å²) >= 11 is 12.8. The first kappa shape index (κ1) is 20.6. The molecule has 1 saturated heterocycles. The molecule has 1 heterocycles. The van der Waals surface area contributed by atoms with Crippen LogP contribution < -0.4 is 9.47 Å². The van der Waals surface area contributed by atoms with Crippen LogP contribution in [-0.2, 0) is 11.3 Å². The predicted molar refractivity (Wildman–Crippen MR) is 112 cm³/mol. The first-order chi connectivity index (χ1) is 13.4. The molecule has 28 heavy (non-hydrogen) atoms. The number of carbonyl (C=O) groups excluding carboxylic acids is 2. The van der Waals surface area contributed by atoms with Crippen LogP contribution in [0, 0.1) is 0 Å². The predicted octanol–water partition coefficient (Wildman–Crippen LogP) is 5.64. The van der Waals surface area contributed by atoms with Gasteiger partial charge in [-0.15, -0.1) is 0 Å². The third-order valence-electron chi connectivity index (χ3n) is 4.00. The van der Waals surface area contributed by atoms with Gasteiger partial charge in [0.25, 0.3) is 11.1 Å². The van der Waals surface area contributed by atoms with Crippen LogP contribution in [0.15, 0.2) is 41.3 Å². The summed E-state index contributed by atoms with van der Waals surface area (Å²) in [6.45, 7) is 2.43. The van der Waals surface area contributed by atoms with Crippen LogP contribution in [0.25, 0.3) is 6.08 Å². The fourth-order valence-electron chi connectivity index (χ4n) is 2.70. The van der Waals surface area contributed by atoms with Crippen molar-refractivity contribution in [2.75, 3.05) is 13.7 Å². The first-order valence-corrected chi connectivity index (χ1v) is 10.0. The Kier molecular flexibility index (Phi) is 6.54. The van der Waals surface area contributed by atoms with Crippen molar-refractivity contribution in [3.63, 3.8) is 0 Å². The number of thioether (sulfide) groups is 1. The number of hydrogen-bond acceptors (Lipinski definition) is 5. The van der Waals surface area contributed by atoms with Gasteiger partial charge in [0, 0.05) is 5.56 Å². The van der Waals surface area contributed by atoms with Gasteiger partial charge in [0.05, 0.1) is 35.2 Å². The topological polar surface area (TPSA) is 55.8 Å². The zero-order valence-electron chi connectivity index (χ0n) is 15.2. The number of benzene rings is 2. The molecule has 0 N–H and O–H groups in total. The molecule has 1 aliphatic heterocycles. The van der Waals surface area contributed by atoms with Crippen LogP contribution in [0.5, 0.6) is 11.5 Å². The van der Waals surface area contributed by atoms with E-state index in [0.717, 1.165) is 11.8 Å². The minimum atomic E-state index is -0.369. The van der Waals surface area contributed by atoms with Crippen LogP contribution in [0.4, 0.5) is 4.79 Å². The van der Waals surface area contributed by atoms with Crippen molar-refractivity contribution in [1.82, 2.24) is 4.90 Å². The second-order valence-electron chi connectivity index (χ2n) is 5.83. The average molecular weight is 438 g/mol. The molecule has 0 unspecified atom stereocenters. The van der Waals surface area contributed by atoms with E-state index >= 15 is 0 Å². The summed E-state index contributed by atoms with van der Waals surface area (Å²) in [6.07, 6.45) is 1.65. The molecular formula is C20H17Cl2NO4S. The molecule has 146 valence electrons. The quantitative estimate of drug-likeness (QED) is 0.547. The molecular weight excluding hydrogens is 421 g/mol. The van der Waals surface area contributed by atoms with Gasteiger partial charge in [-0.25, -0.2) is 0 Å². The van der Waals surface area contributed by atoms with E-state index in [0.29, 0.717) is 44.2 Å².